The molecule has 3 rings (SSSR count). The van der Waals surface area contributed by atoms with Gasteiger partial charge in [0.25, 0.3) is 5.91 Å². The summed E-state index contributed by atoms with van der Waals surface area (Å²) in [7, 11) is 2.61. The Bertz CT molecular complexity index is 732. The summed E-state index contributed by atoms with van der Waals surface area (Å²) < 4.78 is 0. The first kappa shape index (κ1) is 17.1. The Morgan fingerprint density at radius 2 is 1.78 bits per heavy atom. The summed E-state index contributed by atoms with van der Waals surface area (Å²) in [5, 5.41) is 17.5. The molecule has 1 aliphatic heterocycles. The SMILES string of the molecule is CN1C(=O)C(O)N=C(c2ccccc2)c2cc(Cl)ccc21.CO. The highest BCUT2D eigenvalue weighted by Gasteiger charge is 2.28. The summed E-state index contributed by atoms with van der Waals surface area (Å²) in [5.41, 5.74) is 2.77. The molecular formula is C17H17ClN2O3. The third-order valence-corrected chi connectivity index (χ3v) is 3.66. The van der Waals surface area contributed by atoms with Crippen molar-refractivity contribution in [2.45, 2.75) is 6.23 Å². The van der Waals surface area contributed by atoms with E-state index < -0.39 is 12.1 Å². The van der Waals surface area contributed by atoms with E-state index in [0.717, 1.165) is 18.2 Å². The number of hydrogen-bond acceptors (Lipinski definition) is 4. The standard InChI is InChI=1S/C16H13ClN2O2.CH4O/c1-19-13-8-7-11(17)9-12(13)14(18-15(20)16(19)21)10-5-3-2-4-6-10;1-2/h2-9,15,20H,1H3;2H,1H3. The molecule has 0 bridgehead atoms. The van der Waals surface area contributed by atoms with Gasteiger partial charge >= 0.3 is 0 Å². The van der Waals surface area contributed by atoms with Gasteiger partial charge in [-0.15, -0.1) is 0 Å². The first-order chi connectivity index (χ1) is 11.1. The van der Waals surface area contributed by atoms with Crippen LogP contribution in [0.4, 0.5) is 5.69 Å². The summed E-state index contributed by atoms with van der Waals surface area (Å²) in [6.45, 7) is 0. The summed E-state index contributed by atoms with van der Waals surface area (Å²) in [6, 6.07) is 14.6. The van der Waals surface area contributed by atoms with E-state index >= 15 is 0 Å². The van der Waals surface area contributed by atoms with E-state index in [1.165, 1.54) is 4.90 Å². The summed E-state index contributed by atoms with van der Waals surface area (Å²) >= 11 is 6.08. The number of aliphatic hydroxyl groups is 2. The molecule has 1 aliphatic rings. The monoisotopic (exact) mass is 332 g/mol. The first-order valence-electron chi connectivity index (χ1n) is 6.91. The highest BCUT2D eigenvalue weighted by molar-refractivity contribution is 6.32. The van der Waals surface area contributed by atoms with Gasteiger partial charge in [-0.2, -0.15) is 0 Å². The Balaban J connectivity index is 0.000000924. The van der Waals surface area contributed by atoms with Gasteiger partial charge in [0.1, 0.15) is 0 Å². The summed E-state index contributed by atoms with van der Waals surface area (Å²) in [4.78, 5) is 17.7. The van der Waals surface area contributed by atoms with Crippen molar-refractivity contribution >= 4 is 28.9 Å². The number of amides is 1. The minimum absolute atomic E-state index is 0.468. The fraction of sp³-hybridized carbons (Fsp3) is 0.176. The molecule has 0 aliphatic carbocycles. The van der Waals surface area contributed by atoms with Crippen LogP contribution in [0.3, 0.4) is 0 Å². The zero-order valence-electron chi connectivity index (χ0n) is 12.8. The van der Waals surface area contributed by atoms with Crippen molar-refractivity contribution in [2.75, 3.05) is 19.1 Å². The van der Waals surface area contributed by atoms with Crippen LogP contribution in [0.25, 0.3) is 0 Å². The number of fused-ring (bicyclic) bond motifs is 1. The Hall–Kier alpha value is -2.21. The van der Waals surface area contributed by atoms with Crippen LogP contribution in [0.15, 0.2) is 53.5 Å². The minimum Gasteiger partial charge on any atom is -0.400 e. The molecule has 1 heterocycles. The van der Waals surface area contributed by atoms with Crippen molar-refractivity contribution < 1.29 is 15.0 Å². The molecule has 120 valence electrons. The quantitative estimate of drug-likeness (QED) is 0.839. The molecular weight excluding hydrogens is 316 g/mol. The number of benzene rings is 2. The van der Waals surface area contributed by atoms with Crippen LogP contribution >= 0.6 is 11.6 Å². The third-order valence-electron chi connectivity index (χ3n) is 3.43. The van der Waals surface area contributed by atoms with Crippen LogP contribution in [-0.2, 0) is 4.79 Å². The summed E-state index contributed by atoms with van der Waals surface area (Å²) in [6.07, 6.45) is -1.42. The van der Waals surface area contributed by atoms with E-state index in [1.807, 2.05) is 30.3 Å². The number of carbonyl (C=O) groups is 1. The number of halogens is 1. The summed E-state index contributed by atoms with van der Waals surface area (Å²) in [5.74, 6) is -0.468. The van der Waals surface area contributed by atoms with Crippen LogP contribution in [0, 0.1) is 0 Å². The lowest BCUT2D eigenvalue weighted by Gasteiger charge is -2.18. The zero-order chi connectivity index (χ0) is 17.0. The lowest BCUT2D eigenvalue weighted by Crippen LogP contribution is -2.34. The minimum atomic E-state index is -1.42. The molecule has 0 radical (unpaired) electrons. The largest absolute Gasteiger partial charge is 0.400 e. The Morgan fingerprint density at radius 1 is 1.13 bits per heavy atom. The number of hydrogen-bond donors (Lipinski definition) is 2. The molecule has 2 aromatic rings. The van der Waals surface area contributed by atoms with Gasteiger partial charge in [0.15, 0.2) is 0 Å². The predicted molar refractivity (Wildman–Crippen MR) is 91.1 cm³/mol. The fourth-order valence-electron chi connectivity index (χ4n) is 2.36. The average molecular weight is 333 g/mol. The van der Waals surface area contributed by atoms with Crippen molar-refractivity contribution in [2.24, 2.45) is 4.99 Å². The predicted octanol–water partition coefficient (Wildman–Crippen LogP) is 2.08. The van der Waals surface area contributed by atoms with Gasteiger partial charge in [-0.1, -0.05) is 41.9 Å². The maximum Gasteiger partial charge on any atom is 0.278 e. The van der Waals surface area contributed by atoms with Crippen molar-refractivity contribution in [1.29, 1.82) is 0 Å². The van der Waals surface area contributed by atoms with Crippen molar-refractivity contribution in [3.8, 4) is 0 Å². The molecule has 23 heavy (non-hydrogen) atoms. The smallest absolute Gasteiger partial charge is 0.278 e. The number of likely N-dealkylation sites (N-methyl/N-ethyl adjacent to an activating group) is 1. The Morgan fingerprint density at radius 3 is 2.43 bits per heavy atom. The van der Waals surface area contributed by atoms with Gasteiger partial charge in [-0.25, -0.2) is 4.99 Å². The van der Waals surface area contributed by atoms with Crippen LogP contribution in [0.1, 0.15) is 11.1 Å². The van der Waals surface area contributed by atoms with Gasteiger partial charge in [0.2, 0.25) is 6.23 Å². The number of aliphatic hydroxyl groups excluding tert-OH is 2. The van der Waals surface area contributed by atoms with Gasteiger partial charge in [0, 0.05) is 30.3 Å². The van der Waals surface area contributed by atoms with Gasteiger partial charge in [0.05, 0.1) is 11.4 Å². The number of benzodiazepines with no additional fused rings is 1. The average Bonchev–Trinajstić information content (AvgIpc) is 2.68. The van der Waals surface area contributed by atoms with E-state index in [-0.39, 0.29) is 0 Å². The molecule has 0 aromatic heterocycles. The molecule has 0 saturated carbocycles. The van der Waals surface area contributed by atoms with E-state index in [4.69, 9.17) is 16.7 Å². The maximum absolute atomic E-state index is 12.1. The normalized spacial score (nSPS) is 16.7. The molecule has 2 aromatic carbocycles. The second-order valence-corrected chi connectivity index (χ2v) is 5.21. The van der Waals surface area contributed by atoms with Crippen LogP contribution in [0.2, 0.25) is 5.02 Å². The number of anilines is 1. The van der Waals surface area contributed by atoms with Crippen molar-refractivity contribution in [3.63, 3.8) is 0 Å². The molecule has 0 spiro atoms. The van der Waals surface area contributed by atoms with Crippen LogP contribution in [-0.4, -0.2) is 42.2 Å². The fourth-order valence-corrected chi connectivity index (χ4v) is 2.53. The molecule has 1 atom stereocenters. The van der Waals surface area contributed by atoms with E-state index in [1.54, 1.807) is 25.2 Å². The third kappa shape index (κ3) is 3.42. The topological polar surface area (TPSA) is 73.1 Å². The van der Waals surface area contributed by atoms with Gasteiger partial charge in [-0.3, -0.25) is 4.79 Å². The maximum atomic E-state index is 12.1. The van der Waals surface area contributed by atoms with Gasteiger partial charge in [-0.05, 0) is 18.2 Å². The Kier molecular flexibility index (Phi) is 5.50. The van der Waals surface area contributed by atoms with E-state index in [9.17, 15) is 9.90 Å². The van der Waals surface area contributed by atoms with Crippen LogP contribution in [0.5, 0.6) is 0 Å². The van der Waals surface area contributed by atoms with E-state index in [2.05, 4.69) is 4.99 Å². The molecule has 1 amide bonds. The molecule has 6 heteroatoms. The lowest BCUT2D eigenvalue weighted by molar-refractivity contribution is -0.125. The number of carbonyl (C=O) groups excluding carboxylic acids is 1. The second-order valence-electron chi connectivity index (χ2n) is 4.78. The molecule has 1 unspecified atom stereocenters. The highest BCUT2D eigenvalue weighted by Crippen LogP contribution is 2.29. The molecule has 5 nitrogen and oxygen atoms in total. The van der Waals surface area contributed by atoms with E-state index in [0.29, 0.717) is 16.4 Å². The highest BCUT2D eigenvalue weighted by atomic mass is 35.5. The van der Waals surface area contributed by atoms with Crippen molar-refractivity contribution in [3.05, 3.63) is 64.7 Å². The van der Waals surface area contributed by atoms with Crippen molar-refractivity contribution in [1.82, 2.24) is 0 Å². The number of rotatable bonds is 1. The molecule has 2 N–H and O–H groups in total. The Labute approximate surface area is 139 Å². The molecule has 0 saturated heterocycles. The zero-order valence-corrected chi connectivity index (χ0v) is 13.5. The van der Waals surface area contributed by atoms with Crippen LogP contribution < -0.4 is 4.90 Å². The van der Waals surface area contributed by atoms with Gasteiger partial charge < -0.3 is 15.1 Å². The number of nitrogens with zero attached hydrogens (tertiary/aromatic N) is 2. The number of aliphatic imine (C=N–C) groups is 1. The first-order valence-corrected chi connectivity index (χ1v) is 7.29. The lowest BCUT2D eigenvalue weighted by atomic mass is 10.0. The second kappa shape index (κ2) is 7.37. The molecule has 0 fully saturated rings.